The van der Waals surface area contributed by atoms with Crippen LogP contribution < -0.4 is 0 Å². The van der Waals surface area contributed by atoms with Crippen molar-refractivity contribution in [3.63, 3.8) is 0 Å². The van der Waals surface area contributed by atoms with Crippen LogP contribution in [0.25, 0.3) is 0 Å². The molecule has 0 amide bonds. The van der Waals surface area contributed by atoms with Crippen LogP contribution in [0.2, 0.25) is 0 Å². The van der Waals surface area contributed by atoms with Crippen molar-refractivity contribution in [1.29, 1.82) is 0 Å². The molecule has 0 aromatic carbocycles. The first-order valence-electron chi connectivity index (χ1n) is 1.51. The Balaban J connectivity index is 2.83. The first-order valence-corrected chi connectivity index (χ1v) is 4.46. The molecule has 0 atom stereocenters. The Morgan fingerprint density at radius 1 is 2.00 bits per heavy atom. The number of hydrogen-bond acceptors (Lipinski definition) is 2. The number of hydrogen-bond donors (Lipinski definition) is 1. The molecule has 38 valence electrons. The molecule has 0 saturated carbocycles. The maximum absolute atomic E-state index is 9.63. The second-order valence-corrected chi connectivity index (χ2v) is 2.54. The molecule has 0 bridgehead atoms. The van der Waals surface area contributed by atoms with Crippen molar-refractivity contribution >= 4 is 20.4 Å². The molecule has 0 aromatic rings. The summed E-state index contributed by atoms with van der Waals surface area (Å²) in [5.41, 5.74) is 0. The maximum atomic E-state index is 9.63. The molecular formula is C2H6O3Te. The van der Waals surface area contributed by atoms with Crippen molar-refractivity contribution < 1.29 is 9.68 Å². The molecule has 0 aromatic heterocycles. The van der Waals surface area contributed by atoms with E-state index >= 15 is 0 Å². The van der Waals surface area contributed by atoms with E-state index in [1.54, 1.807) is 6.92 Å². The van der Waals surface area contributed by atoms with Crippen LogP contribution in [-0.4, -0.2) is 30.4 Å². The summed E-state index contributed by atoms with van der Waals surface area (Å²) in [6.07, 6.45) is 0. The summed E-state index contributed by atoms with van der Waals surface area (Å²) >= 11 is -3.16. The monoisotopic (exact) mass is 208 g/mol. The molecule has 3 nitrogen and oxygen atoms in total. The van der Waals surface area contributed by atoms with Gasteiger partial charge in [0.2, 0.25) is 0 Å². The van der Waals surface area contributed by atoms with Crippen molar-refractivity contribution in [3.8, 4) is 0 Å². The third-order valence-corrected chi connectivity index (χ3v) is 1.47. The minimum atomic E-state index is -3.16. The molecule has 0 rings (SSSR count). The fourth-order valence-electron chi connectivity index (χ4n) is 0.101. The average Bonchev–Trinajstić information content (AvgIpc) is 1.35. The molecule has 0 saturated heterocycles. The van der Waals surface area contributed by atoms with Gasteiger partial charge in [-0.1, -0.05) is 0 Å². The van der Waals surface area contributed by atoms with Gasteiger partial charge < -0.3 is 0 Å². The average molecular weight is 206 g/mol. The third-order valence-electron chi connectivity index (χ3n) is 0.219. The van der Waals surface area contributed by atoms with E-state index in [4.69, 9.17) is 3.47 Å². The summed E-state index contributed by atoms with van der Waals surface area (Å²) in [5.74, 6) is 0. The summed E-state index contributed by atoms with van der Waals surface area (Å²) in [6, 6.07) is 0. The van der Waals surface area contributed by atoms with Gasteiger partial charge in [0.05, 0.1) is 0 Å². The van der Waals surface area contributed by atoms with Crippen molar-refractivity contribution in [2.75, 3.05) is 6.61 Å². The molecule has 0 heterocycles. The normalized spacial score (nSPS) is 9.83. The van der Waals surface area contributed by atoms with E-state index in [0.717, 1.165) is 0 Å². The SMILES string of the molecule is CCO[Te](=O)O. The van der Waals surface area contributed by atoms with Crippen LogP contribution in [0, 0.1) is 0 Å². The zero-order valence-electron chi connectivity index (χ0n) is 3.38. The molecule has 0 unspecified atom stereocenters. The molecule has 0 spiro atoms. The van der Waals surface area contributed by atoms with Gasteiger partial charge in [-0.2, -0.15) is 0 Å². The quantitative estimate of drug-likeness (QED) is 0.615. The predicted octanol–water partition coefficient (Wildman–Crippen LogP) is -0.569. The van der Waals surface area contributed by atoms with Crippen molar-refractivity contribution in [1.82, 2.24) is 0 Å². The zero-order valence-corrected chi connectivity index (χ0v) is 5.71. The molecule has 0 aliphatic rings. The molecule has 6 heavy (non-hydrogen) atoms. The van der Waals surface area contributed by atoms with Crippen LogP contribution in [0.5, 0.6) is 0 Å². The Labute approximate surface area is 44.0 Å². The molecular weight excluding hydrogens is 200 g/mol. The first kappa shape index (κ1) is 6.51. The summed E-state index contributed by atoms with van der Waals surface area (Å²) in [7, 11) is 0. The fraction of sp³-hybridized carbons (Fsp3) is 1.00. The van der Waals surface area contributed by atoms with E-state index in [2.05, 4.69) is 3.10 Å². The van der Waals surface area contributed by atoms with Crippen LogP contribution in [0.4, 0.5) is 0 Å². The summed E-state index contributed by atoms with van der Waals surface area (Å²) < 4.78 is 21.8. The van der Waals surface area contributed by atoms with Crippen LogP contribution in [0.3, 0.4) is 0 Å². The Morgan fingerprint density at radius 3 is 2.50 bits per heavy atom. The molecule has 0 aliphatic heterocycles. The van der Waals surface area contributed by atoms with Gasteiger partial charge in [-0.25, -0.2) is 0 Å². The minimum absolute atomic E-state index is 0.344. The molecule has 1 N–H and O–H groups in total. The Kier molecular flexibility index (Phi) is 4.00. The zero-order chi connectivity index (χ0) is 4.99. The van der Waals surface area contributed by atoms with E-state index in [0.29, 0.717) is 6.61 Å². The van der Waals surface area contributed by atoms with Gasteiger partial charge in [-0.05, 0) is 0 Å². The number of rotatable bonds is 2. The molecule has 0 radical (unpaired) electrons. The summed E-state index contributed by atoms with van der Waals surface area (Å²) in [4.78, 5) is 0. The van der Waals surface area contributed by atoms with E-state index in [9.17, 15) is 3.10 Å². The molecule has 4 heteroatoms. The van der Waals surface area contributed by atoms with Gasteiger partial charge in [0.1, 0.15) is 0 Å². The molecule has 0 fully saturated rings. The Bertz CT molecular complexity index is 52.8. The second-order valence-electron chi connectivity index (χ2n) is 0.624. The molecule has 0 aliphatic carbocycles. The van der Waals surface area contributed by atoms with Gasteiger partial charge in [-0.3, -0.25) is 0 Å². The van der Waals surface area contributed by atoms with E-state index in [-0.39, 0.29) is 0 Å². The van der Waals surface area contributed by atoms with Gasteiger partial charge in [0.25, 0.3) is 0 Å². The van der Waals surface area contributed by atoms with Gasteiger partial charge >= 0.3 is 43.6 Å². The summed E-state index contributed by atoms with van der Waals surface area (Å²) in [5, 5.41) is 0. The third kappa shape index (κ3) is 4.51. The Hall–Kier alpha value is 0.510. The van der Waals surface area contributed by atoms with E-state index < -0.39 is 20.4 Å². The predicted molar refractivity (Wildman–Crippen MR) is 20.3 cm³/mol. The van der Waals surface area contributed by atoms with Gasteiger partial charge in [0, 0.05) is 0 Å². The van der Waals surface area contributed by atoms with Crippen LogP contribution in [0.15, 0.2) is 0 Å². The van der Waals surface area contributed by atoms with Crippen molar-refractivity contribution in [2.45, 2.75) is 6.92 Å². The second kappa shape index (κ2) is 3.69. The van der Waals surface area contributed by atoms with Crippen LogP contribution >= 0.6 is 0 Å². The summed E-state index contributed by atoms with van der Waals surface area (Å²) in [6.45, 7) is 2.03. The van der Waals surface area contributed by atoms with Crippen molar-refractivity contribution in [3.05, 3.63) is 0 Å². The van der Waals surface area contributed by atoms with Crippen molar-refractivity contribution in [2.24, 2.45) is 0 Å². The first-order chi connectivity index (χ1) is 2.77. The topological polar surface area (TPSA) is 46.5 Å². The van der Waals surface area contributed by atoms with E-state index in [1.807, 2.05) is 0 Å². The standard InChI is InChI=1S/C2H6O3Te/c1-2-5-6(3)4/h2H2,1H3,(H,3,4). The van der Waals surface area contributed by atoms with Crippen LogP contribution in [-0.2, 0) is 6.21 Å². The van der Waals surface area contributed by atoms with Gasteiger partial charge in [-0.15, -0.1) is 0 Å². The Morgan fingerprint density at radius 2 is 2.50 bits per heavy atom. The van der Waals surface area contributed by atoms with E-state index in [1.165, 1.54) is 0 Å². The van der Waals surface area contributed by atoms with Crippen LogP contribution in [0.1, 0.15) is 6.92 Å². The van der Waals surface area contributed by atoms with Gasteiger partial charge in [0.15, 0.2) is 0 Å². The fourth-order valence-corrected chi connectivity index (χ4v) is 0.676.